The summed E-state index contributed by atoms with van der Waals surface area (Å²) >= 11 is 0. The van der Waals surface area contributed by atoms with E-state index in [9.17, 15) is 22.0 Å². The van der Waals surface area contributed by atoms with Crippen molar-refractivity contribution in [1.82, 2.24) is 25.3 Å². The summed E-state index contributed by atoms with van der Waals surface area (Å²) in [5.74, 6) is -2.31. The fraction of sp³-hybridized carbons (Fsp3) is 0.409. The van der Waals surface area contributed by atoms with Crippen molar-refractivity contribution in [2.75, 3.05) is 0 Å². The summed E-state index contributed by atoms with van der Waals surface area (Å²) in [6.45, 7) is 3.54. The van der Waals surface area contributed by atoms with Gasteiger partial charge in [-0.15, -0.1) is 0 Å². The molecule has 6 nitrogen and oxygen atoms in total. The maximum atomic E-state index is 13.5. The van der Waals surface area contributed by atoms with E-state index in [0.717, 1.165) is 11.1 Å². The number of hydrogen-bond donors (Lipinski definition) is 2. The first kappa shape index (κ1) is 21.6. The molecule has 4 aromatic rings. The first-order valence-corrected chi connectivity index (χ1v) is 10.4. The summed E-state index contributed by atoms with van der Waals surface area (Å²) in [5, 5.41) is 10.3. The molecular weight excluding hydrogens is 445 g/mol. The number of aryl methyl sites for hydroxylation is 2. The van der Waals surface area contributed by atoms with E-state index in [-0.39, 0.29) is 30.0 Å². The van der Waals surface area contributed by atoms with Crippen LogP contribution in [-0.2, 0) is 12.8 Å². The Labute approximate surface area is 184 Å². The normalized spacial score (nSPS) is 16.5. The lowest BCUT2D eigenvalue weighted by Gasteiger charge is -2.35. The molecule has 0 aliphatic heterocycles. The topological polar surface area (TPSA) is 83.4 Å². The summed E-state index contributed by atoms with van der Waals surface area (Å²) in [6.07, 6.45) is -1.04. The molecule has 0 saturated heterocycles. The standard InChI is InChI=1S/C22H20F5N5O/c1-10-18(11(2)33-32-10)15-7-28-20-16(14-9-30-31-17(14)6-22(25,26)27)8-29-19(20)13(15)3-12-4-21(23,24)5-12/h7-9,12,29H,3-6H2,1-2H3,(H,30,31). The maximum Gasteiger partial charge on any atom is 0.394 e. The summed E-state index contributed by atoms with van der Waals surface area (Å²) < 4.78 is 71.4. The van der Waals surface area contributed by atoms with E-state index < -0.39 is 18.5 Å². The van der Waals surface area contributed by atoms with Gasteiger partial charge in [0.1, 0.15) is 5.76 Å². The van der Waals surface area contributed by atoms with Gasteiger partial charge < -0.3 is 9.51 Å². The summed E-state index contributed by atoms with van der Waals surface area (Å²) in [7, 11) is 0. The number of hydrogen-bond acceptors (Lipinski definition) is 4. The number of aromatic amines is 2. The van der Waals surface area contributed by atoms with E-state index in [1.807, 2.05) is 0 Å². The molecule has 11 heteroatoms. The third kappa shape index (κ3) is 3.89. The quantitative estimate of drug-likeness (QED) is 0.359. The van der Waals surface area contributed by atoms with Crippen molar-refractivity contribution in [2.24, 2.45) is 5.92 Å². The number of fused-ring (bicyclic) bond motifs is 1. The number of nitrogens with one attached hydrogen (secondary N) is 2. The number of halogens is 5. The van der Waals surface area contributed by atoms with Crippen molar-refractivity contribution in [1.29, 1.82) is 0 Å². The van der Waals surface area contributed by atoms with Crippen LogP contribution in [-0.4, -0.2) is 37.4 Å². The Bertz CT molecular complexity index is 1310. The molecule has 5 rings (SSSR count). The van der Waals surface area contributed by atoms with Gasteiger partial charge in [-0.1, -0.05) is 5.16 Å². The first-order chi connectivity index (χ1) is 15.5. The van der Waals surface area contributed by atoms with E-state index in [1.54, 1.807) is 26.2 Å². The molecule has 0 radical (unpaired) electrons. The van der Waals surface area contributed by atoms with Crippen LogP contribution in [0.25, 0.3) is 33.3 Å². The molecule has 0 aromatic carbocycles. The lowest BCUT2D eigenvalue weighted by molar-refractivity contribution is -0.127. The highest BCUT2D eigenvalue weighted by Gasteiger charge is 2.45. The van der Waals surface area contributed by atoms with E-state index in [0.29, 0.717) is 40.0 Å². The van der Waals surface area contributed by atoms with Crippen LogP contribution in [0.15, 0.2) is 23.1 Å². The SMILES string of the molecule is Cc1noc(C)c1-c1cnc2c(-c3c[nH]nc3CC(F)(F)F)c[nH]c2c1CC1CC(F)(F)C1. The van der Waals surface area contributed by atoms with Crippen LogP contribution in [0, 0.1) is 19.8 Å². The van der Waals surface area contributed by atoms with Gasteiger partial charge in [-0.05, 0) is 31.7 Å². The van der Waals surface area contributed by atoms with Crippen LogP contribution < -0.4 is 0 Å². The molecule has 174 valence electrons. The van der Waals surface area contributed by atoms with Gasteiger partial charge in [0.05, 0.1) is 28.8 Å². The van der Waals surface area contributed by atoms with Crippen molar-refractivity contribution >= 4 is 11.0 Å². The van der Waals surface area contributed by atoms with Gasteiger partial charge >= 0.3 is 6.18 Å². The molecule has 1 fully saturated rings. The van der Waals surface area contributed by atoms with Crippen LogP contribution in [0.3, 0.4) is 0 Å². The second-order valence-electron chi connectivity index (χ2n) is 8.65. The minimum absolute atomic E-state index is 0.139. The highest BCUT2D eigenvalue weighted by Crippen LogP contribution is 2.46. The van der Waals surface area contributed by atoms with E-state index in [4.69, 9.17) is 4.52 Å². The molecule has 0 unspecified atom stereocenters. The number of aromatic nitrogens is 5. The largest absolute Gasteiger partial charge is 0.394 e. The number of H-pyrrole nitrogens is 2. The van der Waals surface area contributed by atoms with Crippen LogP contribution in [0.1, 0.15) is 35.6 Å². The van der Waals surface area contributed by atoms with Gasteiger partial charge in [-0.3, -0.25) is 10.1 Å². The first-order valence-electron chi connectivity index (χ1n) is 10.4. The minimum atomic E-state index is -4.42. The van der Waals surface area contributed by atoms with Gasteiger partial charge in [0.15, 0.2) is 0 Å². The van der Waals surface area contributed by atoms with Crippen molar-refractivity contribution < 1.29 is 26.5 Å². The molecule has 1 aliphatic carbocycles. The number of alkyl halides is 5. The minimum Gasteiger partial charge on any atom is -0.361 e. The van der Waals surface area contributed by atoms with E-state index in [1.165, 1.54) is 6.20 Å². The second kappa shape index (κ2) is 7.39. The molecule has 0 amide bonds. The lowest BCUT2D eigenvalue weighted by atomic mass is 9.76. The molecule has 1 saturated carbocycles. The average molecular weight is 465 g/mol. The molecule has 4 heterocycles. The monoisotopic (exact) mass is 465 g/mol. The molecule has 0 bridgehead atoms. The Morgan fingerprint density at radius 1 is 1.12 bits per heavy atom. The van der Waals surface area contributed by atoms with E-state index in [2.05, 4.69) is 25.3 Å². The predicted octanol–water partition coefficient (Wildman–Crippen LogP) is 5.92. The summed E-state index contributed by atoms with van der Waals surface area (Å²) in [6, 6.07) is 0. The highest BCUT2D eigenvalue weighted by atomic mass is 19.4. The van der Waals surface area contributed by atoms with E-state index >= 15 is 0 Å². The van der Waals surface area contributed by atoms with Crippen LogP contribution in [0.5, 0.6) is 0 Å². The van der Waals surface area contributed by atoms with Gasteiger partial charge in [-0.2, -0.15) is 18.3 Å². The summed E-state index contributed by atoms with van der Waals surface area (Å²) in [4.78, 5) is 7.67. The molecule has 33 heavy (non-hydrogen) atoms. The van der Waals surface area contributed by atoms with Crippen molar-refractivity contribution in [2.45, 2.75) is 51.6 Å². The van der Waals surface area contributed by atoms with Crippen molar-refractivity contribution in [3.63, 3.8) is 0 Å². The fourth-order valence-corrected chi connectivity index (χ4v) is 4.72. The number of nitrogens with zero attached hydrogens (tertiary/aromatic N) is 3. The summed E-state index contributed by atoms with van der Waals surface area (Å²) in [5.41, 5.74) is 4.52. The van der Waals surface area contributed by atoms with Gasteiger partial charge in [-0.25, -0.2) is 8.78 Å². The van der Waals surface area contributed by atoms with Crippen LogP contribution in [0.2, 0.25) is 0 Å². The Hall–Kier alpha value is -3.24. The lowest BCUT2D eigenvalue weighted by Crippen LogP contribution is -2.36. The average Bonchev–Trinajstić information content (AvgIpc) is 3.39. The Kier molecular flexibility index (Phi) is 4.84. The predicted molar refractivity (Wildman–Crippen MR) is 110 cm³/mol. The van der Waals surface area contributed by atoms with Crippen LogP contribution in [0.4, 0.5) is 22.0 Å². The second-order valence-corrected chi connectivity index (χ2v) is 8.65. The zero-order chi connectivity index (χ0) is 23.5. The molecular formula is C22H20F5N5O. The third-order valence-electron chi connectivity index (χ3n) is 6.15. The molecule has 4 aromatic heterocycles. The van der Waals surface area contributed by atoms with Crippen molar-refractivity contribution in [3.05, 3.63) is 41.3 Å². The van der Waals surface area contributed by atoms with Gasteiger partial charge in [0.25, 0.3) is 0 Å². The zero-order valence-electron chi connectivity index (χ0n) is 17.8. The molecule has 1 aliphatic rings. The third-order valence-corrected chi connectivity index (χ3v) is 6.15. The Balaban J connectivity index is 1.64. The maximum absolute atomic E-state index is 13.5. The molecule has 0 spiro atoms. The van der Waals surface area contributed by atoms with Gasteiger partial charge in [0, 0.05) is 53.7 Å². The highest BCUT2D eigenvalue weighted by molar-refractivity contribution is 5.97. The zero-order valence-corrected chi connectivity index (χ0v) is 17.8. The number of rotatable bonds is 5. The van der Waals surface area contributed by atoms with Crippen molar-refractivity contribution in [3.8, 4) is 22.3 Å². The van der Waals surface area contributed by atoms with Gasteiger partial charge in [0.2, 0.25) is 5.92 Å². The molecule has 0 atom stereocenters. The Morgan fingerprint density at radius 2 is 1.88 bits per heavy atom. The van der Waals surface area contributed by atoms with Crippen LogP contribution >= 0.6 is 0 Å². The smallest absolute Gasteiger partial charge is 0.361 e. The Morgan fingerprint density at radius 3 is 2.52 bits per heavy atom. The fourth-order valence-electron chi connectivity index (χ4n) is 4.72. The molecule has 2 N–H and O–H groups in total. The number of pyridine rings is 1.